The number of hydrogen-bond donors (Lipinski definition) is 1. The third-order valence-corrected chi connectivity index (χ3v) is 5.31. The van der Waals surface area contributed by atoms with Crippen molar-refractivity contribution in [1.29, 1.82) is 0 Å². The molecule has 0 bridgehead atoms. The lowest BCUT2D eigenvalue weighted by Crippen LogP contribution is -2.52. The van der Waals surface area contributed by atoms with Crippen LogP contribution in [-0.4, -0.2) is 41.7 Å². The Labute approximate surface area is 140 Å². The Morgan fingerprint density at radius 1 is 1.29 bits per heavy atom. The predicted molar refractivity (Wildman–Crippen MR) is 87.8 cm³/mol. The highest BCUT2D eigenvalue weighted by molar-refractivity contribution is 7.89. The molecule has 2 aromatic heterocycles. The number of nitrogens with one attached hydrogen (secondary N) is 1. The predicted octanol–water partition coefficient (Wildman–Crippen LogP) is 0.772. The number of anilines is 1. The molecule has 1 fully saturated rings. The van der Waals surface area contributed by atoms with E-state index in [4.69, 9.17) is 0 Å². The summed E-state index contributed by atoms with van der Waals surface area (Å²) in [6, 6.07) is 5.59. The molecule has 1 atom stereocenters. The van der Waals surface area contributed by atoms with E-state index in [1.54, 1.807) is 34.0 Å². The van der Waals surface area contributed by atoms with Crippen LogP contribution in [0.1, 0.15) is 19.8 Å². The number of carbonyl (C=O) groups is 1. The molecule has 1 saturated heterocycles. The van der Waals surface area contributed by atoms with Crippen LogP contribution in [0.2, 0.25) is 0 Å². The van der Waals surface area contributed by atoms with Gasteiger partial charge in [-0.25, -0.2) is 18.1 Å². The van der Waals surface area contributed by atoms with Crippen molar-refractivity contribution in [2.75, 3.05) is 11.4 Å². The third kappa shape index (κ3) is 3.17. The van der Waals surface area contributed by atoms with Crippen molar-refractivity contribution in [2.24, 2.45) is 0 Å². The van der Waals surface area contributed by atoms with E-state index in [0.717, 1.165) is 0 Å². The molecule has 1 aliphatic heterocycles. The standard InChI is InChI=1S/C15H19N5O3S/c1-2-20-14(8-10-17-20)19-11-5-6-12(15(19)21)18-24(22,23)13-7-3-4-9-16-13/h3-4,7-10,12,18H,2,5-6,11H2,1H3. The molecular formula is C15H19N5O3S. The van der Waals surface area contributed by atoms with E-state index in [0.29, 0.717) is 31.7 Å². The van der Waals surface area contributed by atoms with Crippen molar-refractivity contribution in [1.82, 2.24) is 19.5 Å². The van der Waals surface area contributed by atoms with Crippen LogP contribution in [0.3, 0.4) is 0 Å². The summed E-state index contributed by atoms with van der Waals surface area (Å²) < 4.78 is 29.0. The van der Waals surface area contributed by atoms with Gasteiger partial charge in [0.25, 0.3) is 10.0 Å². The van der Waals surface area contributed by atoms with E-state index >= 15 is 0 Å². The number of rotatable bonds is 5. The Morgan fingerprint density at radius 3 is 2.83 bits per heavy atom. The van der Waals surface area contributed by atoms with Gasteiger partial charge in [0.15, 0.2) is 5.03 Å². The fourth-order valence-corrected chi connectivity index (χ4v) is 3.94. The zero-order valence-corrected chi connectivity index (χ0v) is 14.1. The van der Waals surface area contributed by atoms with Gasteiger partial charge in [0.1, 0.15) is 11.9 Å². The van der Waals surface area contributed by atoms with Gasteiger partial charge in [-0.2, -0.15) is 9.82 Å². The highest BCUT2D eigenvalue weighted by atomic mass is 32.2. The lowest BCUT2D eigenvalue weighted by molar-refractivity contribution is -0.121. The minimum Gasteiger partial charge on any atom is -0.296 e. The molecule has 128 valence electrons. The lowest BCUT2D eigenvalue weighted by atomic mass is 10.1. The first kappa shape index (κ1) is 16.6. The number of hydrogen-bond acceptors (Lipinski definition) is 5. The number of pyridine rings is 1. The summed E-state index contributed by atoms with van der Waals surface area (Å²) in [4.78, 5) is 18.2. The van der Waals surface area contributed by atoms with Crippen LogP contribution >= 0.6 is 0 Å². The molecule has 1 aliphatic rings. The van der Waals surface area contributed by atoms with E-state index in [2.05, 4.69) is 14.8 Å². The van der Waals surface area contributed by atoms with Gasteiger partial charge in [-0.15, -0.1) is 0 Å². The van der Waals surface area contributed by atoms with Crippen LogP contribution in [0, 0.1) is 0 Å². The van der Waals surface area contributed by atoms with Crippen molar-refractivity contribution in [3.63, 3.8) is 0 Å². The molecule has 3 rings (SSSR count). The van der Waals surface area contributed by atoms with E-state index in [1.807, 2.05) is 6.92 Å². The zero-order valence-electron chi connectivity index (χ0n) is 13.3. The fraction of sp³-hybridized carbons (Fsp3) is 0.400. The van der Waals surface area contributed by atoms with Gasteiger partial charge in [0, 0.05) is 25.4 Å². The van der Waals surface area contributed by atoms with E-state index < -0.39 is 16.1 Å². The zero-order chi connectivity index (χ0) is 17.2. The molecule has 0 aromatic carbocycles. The summed E-state index contributed by atoms with van der Waals surface area (Å²) in [5.41, 5.74) is 0. The Kier molecular flexibility index (Phi) is 4.63. The quantitative estimate of drug-likeness (QED) is 0.860. The number of aromatic nitrogens is 3. The summed E-state index contributed by atoms with van der Waals surface area (Å²) in [5.74, 6) is 0.417. The van der Waals surface area contributed by atoms with E-state index in [1.165, 1.54) is 12.3 Å². The van der Waals surface area contributed by atoms with E-state index in [-0.39, 0.29) is 10.9 Å². The monoisotopic (exact) mass is 349 g/mol. The molecule has 9 heteroatoms. The minimum atomic E-state index is -3.83. The number of sulfonamides is 1. The topological polar surface area (TPSA) is 97.2 Å². The maximum Gasteiger partial charge on any atom is 0.258 e. The summed E-state index contributed by atoms with van der Waals surface area (Å²) in [7, 11) is -3.83. The Morgan fingerprint density at radius 2 is 2.12 bits per heavy atom. The van der Waals surface area contributed by atoms with Gasteiger partial charge in [0.05, 0.1) is 6.20 Å². The van der Waals surface area contributed by atoms with Gasteiger partial charge >= 0.3 is 0 Å². The molecule has 2 aromatic rings. The normalized spacial score (nSPS) is 18.8. The van der Waals surface area contributed by atoms with Crippen molar-refractivity contribution in [2.45, 2.75) is 37.4 Å². The number of aryl methyl sites for hydroxylation is 1. The molecule has 8 nitrogen and oxygen atoms in total. The van der Waals surface area contributed by atoms with Crippen LogP contribution in [0.15, 0.2) is 41.7 Å². The molecule has 0 saturated carbocycles. The molecular weight excluding hydrogens is 330 g/mol. The number of amides is 1. The highest BCUT2D eigenvalue weighted by Crippen LogP contribution is 2.22. The lowest BCUT2D eigenvalue weighted by Gasteiger charge is -2.32. The summed E-state index contributed by atoms with van der Waals surface area (Å²) >= 11 is 0. The Hall–Kier alpha value is -2.26. The van der Waals surface area contributed by atoms with Crippen LogP contribution in [0.4, 0.5) is 5.82 Å². The largest absolute Gasteiger partial charge is 0.296 e. The first-order valence-electron chi connectivity index (χ1n) is 7.79. The molecule has 0 spiro atoms. The van der Waals surface area contributed by atoms with Gasteiger partial charge in [-0.3, -0.25) is 9.69 Å². The van der Waals surface area contributed by atoms with Crippen LogP contribution in [0.5, 0.6) is 0 Å². The molecule has 1 amide bonds. The van der Waals surface area contributed by atoms with Crippen molar-refractivity contribution in [3.8, 4) is 0 Å². The molecule has 1 N–H and O–H groups in total. The average Bonchev–Trinajstić information content (AvgIpc) is 3.06. The van der Waals surface area contributed by atoms with Crippen molar-refractivity contribution >= 4 is 21.7 Å². The van der Waals surface area contributed by atoms with Gasteiger partial charge < -0.3 is 0 Å². The molecule has 1 unspecified atom stereocenters. The minimum absolute atomic E-state index is 0.0893. The van der Waals surface area contributed by atoms with Crippen LogP contribution in [-0.2, 0) is 21.4 Å². The second kappa shape index (κ2) is 6.70. The fourth-order valence-electron chi connectivity index (χ4n) is 2.76. The number of nitrogens with zero attached hydrogens (tertiary/aromatic N) is 4. The summed E-state index contributed by atoms with van der Waals surface area (Å²) in [5, 5.41) is 4.08. The maximum atomic E-state index is 12.7. The van der Waals surface area contributed by atoms with Gasteiger partial charge in [0.2, 0.25) is 5.91 Å². The molecule has 0 aliphatic carbocycles. The molecule has 3 heterocycles. The van der Waals surface area contributed by atoms with Crippen LogP contribution in [0.25, 0.3) is 0 Å². The summed E-state index contributed by atoms with van der Waals surface area (Å²) in [6.07, 6.45) is 4.20. The average molecular weight is 349 g/mol. The first-order chi connectivity index (χ1) is 11.5. The van der Waals surface area contributed by atoms with Crippen molar-refractivity contribution < 1.29 is 13.2 Å². The summed E-state index contributed by atoms with van der Waals surface area (Å²) in [6.45, 7) is 3.12. The second-order valence-electron chi connectivity index (χ2n) is 5.48. The Balaban J connectivity index is 1.81. The van der Waals surface area contributed by atoms with Gasteiger partial charge in [-0.1, -0.05) is 6.07 Å². The first-order valence-corrected chi connectivity index (χ1v) is 9.28. The SMILES string of the molecule is CCn1nccc1N1CCCC(NS(=O)(=O)c2ccccn2)C1=O. The van der Waals surface area contributed by atoms with Crippen molar-refractivity contribution in [3.05, 3.63) is 36.7 Å². The van der Waals surface area contributed by atoms with Crippen LogP contribution < -0.4 is 9.62 Å². The highest BCUT2D eigenvalue weighted by Gasteiger charge is 2.34. The number of carbonyl (C=O) groups excluding carboxylic acids is 1. The molecule has 0 radical (unpaired) electrons. The molecule has 24 heavy (non-hydrogen) atoms. The van der Waals surface area contributed by atoms with E-state index in [9.17, 15) is 13.2 Å². The Bertz CT molecular complexity index is 819. The smallest absolute Gasteiger partial charge is 0.258 e. The van der Waals surface area contributed by atoms with Gasteiger partial charge in [-0.05, 0) is 31.9 Å². The third-order valence-electron chi connectivity index (χ3n) is 3.92. The second-order valence-corrected chi connectivity index (χ2v) is 7.14. The maximum absolute atomic E-state index is 12.7. The number of piperidine rings is 1.